The number of nitrogens with one attached hydrogen (secondary N) is 1. The van der Waals surface area contributed by atoms with Gasteiger partial charge in [-0.25, -0.2) is 8.42 Å². The molecule has 2 N–H and O–H groups in total. The van der Waals surface area contributed by atoms with Crippen molar-refractivity contribution in [2.75, 3.05) is 6.26 Å². The van der Waals surface area contributed by atoms with Gasteiger partial charge in [0, 0.05) is 34.9 Å². The fraction of sp³-hybridized carbons (Fsp3) is 0.318. The van der Waals surface area contributed by atoms with Crippen LogP contribution in [0.2, 0.25) is 5.02 Å². The third-order valence-electron chi connectivity index (χ3n) is 4.87. The number of halogens is 1. The molecule has 0 spiro atoms. The largest absolute Gasteiger partial charge is 0.378 e. The molecule has 29 heavy (non-hydrogen) atoms. The molecule has 0 radical (unpaired) electrons. The zero-order chi connectivity index (χ0) is 21.1. The van der Waals surface area contributed by atoms with E-state index in [4.69, 9.17) is 11.6 Å². The van der Waals surface area contributed by atoms with E-state index >= 15 is 0 Å². The van der Waals surface area contributed by atoms with Crippen LogP contribution in [-0.4, -0.2) is 37.3 Å². The summed E-state index contributed by atoms with van der Waals surface area (Å²) < 4.78 is 23.1. The van der Waals surface area contributed by atoms with E-state index in [1.165, 1.54) is 24.3 Å². The predicted molar refractivity (Wildman–Crippen MR) is 113 cm³/mol. The van der Waals surface area contributed by atoms with Crippen LogP contribution in [0.1, 0.15) is 41.6 Å². The zero-order valence-corrected chi connectivity index (χ0v) is 17.6. The third kappa shape index (κ3) is 5.83. The van der Waals surface area contributed by atoms with Gasteiger partial charge >= 0.3 is 0 Å². The molecule has 2 aromatic carbocycles. The first-order valence-corrected chi connectivity index (χ1v) is 11.5. The van der Waals surface area contributed by atoms with Gasteiger partial charge in [0.1, 0.15) is 5.60 Å². The zero-order valence-electron chi connectivity index (χ0n) is 16.0. The van der Waals surface area contributed by atoms with Gasteiger partial charge < -0.3 is 10.4 Å². The van der Waals surface area contributed by atoms with Crippen molar-refractivity contribution in [2.45, 2.75) is 42.2 Å². The molecular weight excluding hydrogens is 410 g/mol. The Kier molecular flexibility index (Phi) is 6.33. The van der Waals surface area contributed by atoms with Crippen LogP contribution in [0.25, 0.3) is 0 Å². The minimum absolute atomic E-state index is 0.164. The average molecular weight is 432 g/mol. The van der Waals surface area contributed by atoms with Gasteiger partial charge in [0.25, 0.3) is 5.91 Å². The average Bonchev–Trinajstić information content (AvgIpc) is 2.66. The van der Waals surface area contributed by atoms with E-state index in [1.54, 1.807) is 18.2 Å². The van der Waals surface area contributed by atoms with Gasteiger partial charge in [0.05, 0.1) is 4.90 Å². The summed E-state index contributed by atoms with van der Waals surface area (Å²) in [5.74, 6) is 5.60. The highest BCUT2D eigenvalue weighted by atomic mass is 35.5. The molecular formula is C22H22ClNO4S. The van der Waals surface area contributed by atoms with Crippen molar-refractivity contribution in [3.05, 3.63) is 64.7 Å². The summed E-state index contributed by atoms with van der Waals surface area (Å²) in [5, 5.41) is 14.4. The van der Waals surface area contributed by atoms with Crippen molar-refractivity contribution in [1.29, 1.82) is 0 Å². The quantitative estimate of drug-likeness (QED) is 0.731. The van der Waals surface area contributed by atoms with Gasteiger partial charge in [-0.2, -0.15) is 0 Å². The van der Waals surface area contributed by atoms with Crippen molar-refractivity contribution in [1.82, 2.24) is 5.32 Å². The van der Waals surface area contributed by atoms with E-state index in [0.717, 1.165) is 24.7 Å². The van der Waals surface area contributed by atoms with Crippen LogP contribution in [0, 0.1) is 11.8 Å². The van der Waals surface area contributed by atoms with Crippen molar-refractivity contribution in [2.24, 2.45) is 0 Å². The van der Waals surface area contributed by atoms with E-state index < -0.39 is 15.4 Å². The summed E-state index contributed by atoms with van der Waals surface area (Å²) in [6.45, 7) is 0. The molecule has 1 fully saturated rings. The SMILES string of the molecule is CS(=O)(=O)c1ccc(C(=O)N[C@H]2CCC[C@@](O)(C#Cc3cccc(Cl)c3)C2)cc1. The maximum atomic E-state index is 12.5. The summed E-state index contributed by atoms with van der Waals surface area (Å²) in [6, 6.07) is 12.7. The molecule has 152 valence electrons. The summed E-state index contributed by atoms with van der Waals surface area (Å²) in [7, 11) is -3.31. The van der Waals surface area contributed by atoms with Crippen LogP contribution in [0.15, 0.2) is 53.4 Å². The highest BCUT2D eigenvalue weighted by molar-refractivity contribution is 7.90. The summed E-state index contributed by atoms with van der Waals surface area (Å²) >= 11 is 5.96. The van der Waals surface area contributed by atoms with E-state index in [1.807, 2.05) is 6.07 Å². The van der Waals surface area contributed by atoms with Crippen LogP contribution in [0.5, 0.6) is 0 Å². The first-order valence-electron chi connectivity index (χ1n) is 9.27. The van der Waals surface area contributed by atoms with Gasteiger partial charge in [-0.3, -0.25) is 4.79 Å². The minimum atomic E-state index is -3.31. The Labute approximate surface area is 176 Å². The Bertz CT molecular complexity index is 1070. The number of aliphatic hydroxyl groups is 1. The fourth-order valence-corrected chi connectivity index (χ4v) is 4.19. The van der Waals surface area contributed by atoms with Gasteiger partial charge in [-0.05, 0) is 61.7 Å². The number of benzene rings is 2. The van der Waals surface area contributed by atoms with Gasteiger partial charge in [0.15, 0.2) is 9.84 Å². The lowest BCUT2D eigenvalue weighted by atomic mass is 9.82. The number of amides is 1. The van der Waals surface area contributed by atoms with Crippen LogP contribution in [-0.2, 0) is 9.84 Å². The molecule has 2 aromatic rings. The van der Waals surface area contributed by atoms with Crippen LogP contribution in [0.3, 0.4) is 0 Å². The molecule has 2 atom stereocenters. The molecule has 0 bridgehead atoms. The molecule has 0 aliphatic heterocycles. The van der Waals surface area contributed by atoms with Crippen molar-refractivity contribution >= 4 is 27.3 Å². The molecule has 1 amide bonds. The Morgan fingerprint density at radius 1 is 1.24 bits per heavy atom. The lowest BCUT2D eigenvalue weighted by Gasteiger charge is -2.33. The lowest BCUT2D eigenvalue weighted by Crippen LogP contribution is -2.45. The maximum absolute atomic E-state index is 12.5. The first-order chi connectivity index (χ1) is 13.6. The normalized spacial score (nSPS) is 21.7. The molecule has 3 rings (SSSR count). The number of hydrogen-bond acceptors (Lipinski definition) is 4. The third-order valence-corrected chi connectivity index (χ3v) is 6.23. The van der Waals surface area contributed by atoms with Crippen molar-refractivity contribution in [3.8, 4) is 11.8 Å². The Morgan fingerprint density at radius 3 is 2.62 bits per heavy atom. The fourth-order valence-electron chi connectivity index (χ4n) is 3.37. The van der Waals surface area contributed by atoms with Crippen molar-refractivity contribution < 1.29 is 18.3 Å². The van der Waals surface area contributed by atoms with E-state index in [9.17, 15) is 18.3 Å². The Balaban J connectivity index is 1.67. The van der Waals surface area contributed by atoms with Gasteiger partial charge in [0.2, 0.25) is 0 Å². The second-order valence-electron chi connectivity index (χ2n) is 7.36. The number of carbonyl (C=O) groups is 1. The topological polar surface area (TPSA) is 83.5 Å². The monoisotopic (exact) mass is 431 g/mol. The van der Waals surface area contributed by atoms with E-state index in [-0.39, 0.29) is 16.8 Å². The lowest BCUT2D eigenvalue weighted by molar-refractivity contribution is 0.0452. The number of hydrogen-bond donors (Lipinski definition) is 2. The summed E-state index contributed by atoms with van der Waals surface area (Å²) in [5.41, 5.74) is -0.0851. The second-order valence-corrected chi connectivity index (χ2v) is 9.81. The van der Waals surface area contributed by atoms with Crippen LogP contribution >= 0.6 is 11.6 Å². The standard InChI is InChI=1S/C22H22ClNO4S/c1-29(27,28)20-9-7-17(8-10-20)21(25)24-19-6-3-12-22(26,15-19)13-11-16-4-2-5-18(23)14-16/h2,4-5,7-10,14,19,26H,3,6,12,15H2,1H3,(H,24,25)/t19-,22+/m0/s1. The predicted octanol–water partition coefficient (Wildman–Crippen LogP) is 3.20. The molecule has 1 aliphatic rings. The number of carbonyl (C=O) groups excluding carboxylic acids is 1. The molecule has 0 saturated heterocycles. The highest BCUT2D eigenvalue weighted by Gasteiger charge is 2.33. The molecule has 1 saturated carbocycles. The first kappa shape index (κ1) is 21.4. The Morgan fingerprint density at radius 2 is 1.97 bits per heavy atom. The van der Waals surface area contributed by atoms with E-state index in [0.29, 0.717) is 23.4 Å². The molecule has 5 nitrogen and oxygen atoms in total. The van der Waals surface area contributed by atoms with Crippen LogP contribution in [0.4, 0.5) is 0 Å². The smallest absolute Gasteiger partial charge is 0.251 e. The maximum Gasteiger partial charge on any atom is 0.251 e. The number of sulfone groups is 1. The highest BCUT2D eigenvalue weighted by Crippen LogP contribution is 2.28. The Hall–Kier alpha value is -2.33. The van der Waals surface area contributed by atoms with Crippen molar-refractivity contribution in [3.63, 3.8) is 0 Å². The molecule has 0 aromatic heterocycles. The second kappa shape index (κ2) is 8.58. The molecule has 1 aliphatic carbocycles. The molecule has 0 unspecified atom stereocenters. The summed E-state index contributed by atoms with van der Waals surface area (Å²) in [4.78, 5) is 12.7. The minimum Gasteiger partial charge on any atom is -0.378 e. The van der Waals surface area contributed by atoms with Gasteiger partial charge in [-0.1, -0.05) is 29.5 Å². The van der Waals surface area contributed by atoms with Crippen LogP contribution < -0.4 is 5.32 Å². The van der Waals surface area contributed by atoms with Gasteiger partial charge in [-0.15, -0.1) is 0 Å². The molecule has 7 heteroatoms. The van der Waals surface area contributed by atoms with E-state index in [2.05, 4.69) is 17.2 Å². The molecule has 0 heterocycles. The number of rotatable bonds is 3. The summed E-state index contributed by atoms with van der Waals surface area (Å²) in [6.07, 6.45) is 3.46.